The van der Waals surface area contributed by atoms with E-state index < -0.39 is 29.5 Å². The van der Waals surface area contributed by atoms with Crippen molar-refractivity contribution in [3.8, 4) is 5.75 Å². The van der Waals surface area contributed by atoms with Gasteiger partial charge in [-0.05, 0) is 53.8 Å². The number of benzene rings is 3. The molecule has 4 rings (SSSR count). The van der Waals surface area contributed by atoms with Gasteiger partial charge in [-0.25, -0.2) is 0 Å². The van der Waals surface area contributed by atoms with Crippen LogP contribution < -0.4 is 4.74 Å². The number of aliphatic hydroxyl groups excluding tert-OH is 1. The van der Waals surface area contributed by atoms with Crippen LogP contribution in [0.1, 0.15) is 61.6 Å². The van der Waals surface area contributed by atoms with Gasteiger partial charge in [0.15, 0.2) is 0 Å². The van der Waals surface area contributed by atoms with Crippen LogP contribution in [0.4, 0.5) is 13.2 Å². The Kier molecular flexibility index (Phi) is 7.59. The molecule has 3 aromatic rings. The van der Waals surface area contributed by atoms with Crippen molar-refractivity contribution in [2.75, 3.05) is 6.61 Å². The second kappa shape index (κ2) is 10.6. The zero-order valence-electron chi connectivity index (χ0n) is 22.2. The van der Waals surface area contributed by atoms with E-state index in [1.54, 1.807) is 48.5 Å². The summed E-state index contributed by atoms with van der Waals surface area (Å²) in [5.74, 6) is -1.52. The maximum atomic E-state index is 13.4. The standard InChI is InChI=1S/C31H30F3NO4/c1-5-39-24-15-14-21(17-23(24)30(2,3)4)27(36)25-26(20-11-7-6-8-12-20)35(29(38)28(25)37)18-19-10-9-13-22(16-19)31(32,33)34/h6-17,26,36H,5,18H2,1-4H3/b27-25-. The molecule has 1 atom stereocenters. The molecule has 1 fully saturated rings. The van der Waals surface area contributed by atoms with Crippen molar-refractivity contribution in [2.45, 2.75) is 51.9 Å². The van der Waals surface area contributed by atoms with Gasteiger partial charge in [-0.1, -0.05) is 63.2 Å². The van der Waals surface area contributed by atoms with E-state index in [1.165, 1.54) is 17.0 Å². The fourth-order valence-electron chi connectivity index (χ4n) is 4.77. The third-order valence-electron chi connectivity index (χ3n) is 6.62. The van der Waals surface area contributed by atoms with E-state index in [4.69, 9.17) is 4.74 Å². The average molecular weight is 538 g/mol. The molecule has 204 valence electrons. The van der Waals surface area contributed by atoms with Crippen LogP contribution in [0.5, 0.6) is 5.75 Å². The van der Waals surface area contributed by atoms with Crippen LogP contribution in [0.15, 0.2) is 78.4 Å². The second-order valence-corrected chi connectivity index (χ2v) is 10.4. The number of Topliss-reactive ketones (excluding diaryl/α,β-unsaturated/α-hetero) is 1. The summed E-state index contributed by atoms with van der Waals surface area (Å²) in [7, 11) is 0. The van der Waals surface area contributed by atoms with E-state index in [0.29, 0.717) is 23.5 Å². The molecule has 1 saturated heterocycles. The van der Waals surface area contributed by atoms with E-state index in [2.05, 4.69) is 0 Å². The molecule has 1 N–H and O–H groups in total. The molecular formula is C31H30F3NO4. The average Bonchev–Trinajstić information content (AvgIpc) is 3.13. The summed E-state index contributed by atoms with van der Waals surface area (Å²) < 4.78 is 45.7. The molecule has 1 unspecified atom stereocenters. The predicted molar refractivity (Wildman–Crippen MR) is 142 cm³/mol. The quantitative estimate of drug-likeness (QED) is 0.208. The number of ether oxygens (including phenoxy) is 1. The largest absolute Gasteiger partial charge is 0.507 e. The molecule has 1 amide bonds. The van der Waals surface area contributed by atoms with Gasteiger partial charge in [-0.15, -0.1) is 0 Å². The molecule has 1 aliphatic heterocycles. The highest BCUT2D eigenvalue weighted by molar-refractivity contribution is 6.46. The number of carbonyl (C=O) groups is 2. The number of rotatable bonds is 6. The minimum atomic E-state index is -4.55. The van der Waals surface area contributed by atoms with Gasteiger partial charge in [-0.3, -0.25) is 9.59 Å². The minimum absolute atomic E-state index is 0.123. The molecule has 0 aliphatic carbocycles. The van der Waals surface area contributed by atoms with Crippen LogP contribution in [-0.2, 0) is 27.7 Å². The summed E-state index contributed by atoms with van der Waals surface area (Å²) in [6, 6.07) is 17.4. The lowest BCUT2D eigenvalue weighted by atomic mass is 9.84. The topological polar surface area (TPSA) is 66.8 Å². The van der Waals surface area contributed by atoms with Crippen molar-refractivity contribution in [2.24, 2.45) is 0 Å². The van der Waals surface area contributed by atoms with Crippen LogP contribution in [0, 0.1) is 0 Å². The number of halogens is 3. The molecule has 3 aromatic carbocycles. The van der Waals surface area contributed by atoms with Gasteiger partial charge in [0.25, 0.3) is 11.7 Å². The number of hydrogen-bond acceptors (Lipinski definition) is 4. The smallest absolute Gasteiger partial charge is 0.416 e. The third-order valence-corrected chi connectivity index (χ3v) is 6.62. The van der Waals surface area contributed by atoms with Gasteiger partial charge in [0.2, 0.25) is 0 Å². The molecule has 5 nitrogen and oxygen atoms in total. The number of likely N-dealkylation sites (tertiary alicyclic amines) is 1. The zero-order valence-corrected chi connectivity index (χ0v) is 22.2. The van der Waals surface area contributed by atoms with Crippen LogP contribution in [0.25, 0.3) is 5.76 Å². The van der Waals surface area contributed by atoms with E-state index in [0.717, 1.165) is 17.7 Å². The van der Waals surface area contributed by atoms with Gasteiger partial charge in [-0.2, -0.15) is 13.2 Å². The van der Waals surface area contributed by atoms with E-state index >= 15 is 0 Å². The SMILES string of the molecule is CCOc1ccc(/C(O)=C2/C(=O)C(=O)N(Cc3cccc(C(F)(F)F)c3)C2c2ccccc2)cc1C(C)(C)C. The zero-order chi connectivity index (χ0) is 28.5. The number of ketones is 1. The maximum absolute atomic E-state index is 13.4. The molecule has 0 aromatic heterocycles. The molecule has 8 heteroatoms. The lowest BCUT2D eigenvalue weighted by Gasteiger charge is -2.26. The fraction of sp³-hybridized carbons (Fsp3) is 0.290. The highest BCUT2D eigenvalue weighted by Crippen LogP contribution is 2.42. The third kappa shape index (κ3) is 5.70. The highest BCUT2D eigenvalue weighted by atomic mass is 19.4. The summed E-state index contributed by atoms with van der Waals surface area (Å²) in [6.07, 6.45) is -4.55. The van der Waals surface area contributed by atoms with Crippen molar-refractivity contribution in [3.05, 3.63) is 106 Å². The number of hydrogen-bond donors (Lipinski definition) is 1. The van der Waals surface area contributed by atoms with Gasteiger partial charge < -0.3 is 14.7 Å². The number of amides is 1. The van der Waals surface area contributed by atoms with Crippen LogP contribution in [0.2, 0.25) is 0 Å². The Morgan fingerprint density at radius 1 is 0.949 bits per heavy atom. The first-order valence-corrected chi connectivity index (χ1v) is 12.6. The minimum Gasteiger partial charge on any atom is -0.507 e. The van der Waals surface area contributed by atoms with Crippen molar-refractivity contribution >= 4 is 17.4 Å². The van der Waals surface area contributed by atoms with Crippen molar-refractivity contribution in [1.82, 2.24) is 4.90 Å². The van der Waals surface area contributed by atoms with Crippen LogP contribution >= 0.6 is 0 Å². The summed E-state index contributed by atoms with van der Waals surface area (Å²) in [4.78, 5) is 27.9. The Morgan fingerprint density at radius 2 is 1.64 bits per heavy atom. The molecule has 0 saturated carbocycles. The number of carbonyl (C=O) groups excluding carboxylic acids is 2. The lowest BCUT2D eigenvalue weighted by Crippen LogP contribution is -2.29. The first-order chi connectivity index (χ1) is 18.3. The summed E-state index contributed by atoms with van der Waals surface area (Å²) >= 11 is 0. The number of alkyl halides is 3. The highest BCUT2D eigenvalue weighted by Gasteiger charge is 2.46. The summed E-state index contributed by atoms with van der Waals surface area (Å²) in [5, 5.41) is 11.5. The Morgan fingerprint density at radius 3 is 2.26 bits per heavy atom. The summed E-state index contributed by atoms with van der Waals surface area (Å²) in [5.41, 5.74) is 0.578. The first kappa shape index (κ1) is 28.0. The normalized spacial score (nSPS) is 17.5. The Labute approximate surface area is 225 Å². The Hall–Kier alpha value is -4.07. The van der Waals surface area contributed by atoms with Crippen molar-refractivity contribution in [1.29, 1.82) is 0 Å². The van der Waals surface area contributed by atoms with E-state index in [-0.39, 0.29) is 28.9 Å². The van der Waals surface area contributed by atoms with Gasteiger partial charge >= 0.3 is 6.18 Å². The predicted octanol–water partition coefficient (Wildman–Crippen LogP) is 7.02. The molecule has 0 spiro atoms. The second-order valence-electron chi connectivity index (χ2n) is 10.4. The maximum Gasteiger partial charge on any atom is 0.416 e. The molecular weight excluding hydrogens is 507 g/mol. The molecule has 1 heterocycles. The molecule has 0 bridgehead atoms. The number of nitrogens with zero attached hydrogens (tertiary/aromatic N) is 1. The first-order valence-electron chi connectivity index (χ1n) is 12.6. The van der Waals surface area contributed by atoms with Crippen LogP contribution in [-0.4, -0.2) is 28.3 Å². The van der Waals surface area contributed by atoms with Crippen molar-refractivity contribution in [3.63, 3.8) is 0 Å². The Bertz CT molecular complexity index is 1420. The van der Waals surface area contributed by atoms with Gasteiger partial charge in [0.05, 0.1) is 23.8 Å². The lowest BCUT2D eigenvalue weighted by molar-refractivity contribution is -0.140. The van der Waals surface area contributed by atoms with Crippen molar-refractivity contribution < 1.29 is 32.6 Å². The molecule has 0 radical (unpaired) electrons. The fourth-order valence-corrected chi connectivity index (χ4v) is 4.77. The van der Waals surface area contributed by atoms with E-state index in [1.807, 2.05) is 27.7 Å². The van der Waals surface area contributed by atoms with E-state index in [9.17, 15) is 27.9 Å². The van der Waals surface area contributed by atoms with Gasteiger partial charge in [0, 0.05) is 17.7 Å². The number of aliphatic hydroxyl groups is 1. The summed E-state index contributed by atoms with van der Waals surface area (Å²) in [6.45, 7) is 8.04. The van der Waals surface area contributed by atoms with Gasteiger partial charge in [0.1, 0.15) is 11.5 Å². The van der Waals surface area contributed by atoms with Crippen LogP contribution in [0.3, 0.4) is 0 Å². The molecule has 1 aliphatic rings. The molecule has 39 heavy (non-hydrogen) atoms. The Balaban J connectivity index is 1.85. The monoisotopic (exact) mass is 537 g/mol.